The first-order chi connectivity index (χ1) is 31.3. The predicted molar refractivity (Wildman–Crippen MR) is 288 cm³/mol. The van der Waals surface area contributed by atoms with E-state index in [-0.39, 0.29) is 11.8 Å². The first-order valence-corrected chi connectivity index (χ1v) is 30.0. The molecule has 64 heavy (non-hydrogen) atoms. The van der Waals surface area contributed by atoms with E-state index in [0.717, 1.165) is 54.4 Å². The Morgan fingerprint density at radius 1 is 0.391 bits per heavy atom. The molecule has 4 aromatic heterocycles. The van der Waals surface area contributed by atoms with Gasteiger partial charge in [0.25, 0.3) is 11.8 Å². The highest BCUT2D eigenvalue weighted by molar-refractivity contribution is 9.11. The van der Waals surface area contributed by atoms with Gasteiger partial charge in [-0.15, -0.1) is 45.3 Å². The minimum absolute atomic E-state index is 0.0235. The van der Waals surface area contributed by atoms with Gasteiger partial charge in [0, 0.05) is 32.6 Å². The summed E-state index contributed by atoms with van der Waals surface area (Å²) >= 11 is 14.3. The Morgan fingerprint density at radius 3 is 1.00 bits per heavy atom. The highest BCUT2D eigenvalue weighted by atomic mass is 79.9. The number of hydrogen-bond acceptors (Lipinski definition) is 6. The molecule has 0 fully saturated rings. The summed E-state index contributed by atoms with van der Waals surface area (Å²) in [6.07, 6.45) is 29.5. The fourth-order valence-electron chi connectivity index (χ4n) is 9.66. The van der Waals surface area contributed by atoms with Crippen LogP contribution in [0.3, 0.4) is 0 Å². The monoisotopic (exact) mass is 1070 g/mol. The lowest BCUT2D eigenvalue weighted by Crippen LogP contribution is -2.34. The number of thiophene rings is 4. The Hall–Kier alpha value is -1.82. The second kappa shape index (κ2) is 27.2. The van der Waals surface area contributed by atoms with Crippen molar-refractivity contribution < 1.29 is 9.59 Å². The summed E-state index contributed by atoms with van der Waals surface area (Å²) in [7, 11) is 0. The highest BCUT2D eigenvalue weighted by Gasteiger charge is 2.50. The SMILES string of the molecule is CCCCCCCCC(CCCCCC)CN1C(=O)C2=C(c3ccc(-c4ccc(Br)s4)s3)N(CC(CCCCCC)CCCCCCCC)C(=O)C2=C1c1ccc(-c2ccc(Br)s2)s1. The van der Waals surface area contributed by atoms with E-state index in [9.17, 15) is 0 Å². The Labute approximate surface area is 419 Å². The molecule has 6 heterocycles. The van der Waals surface area contributed by atoms with Crippen LogP contribution in [0.4, 0.5) is 0 Å². The number of nitrogens with zero attached hydrogens (tertiary/aromatic N) is 2. The molecule has 0 bridgehead atoms. The molecular weight excluding hydrogens is 997 g/mol. The van der Waals surface area contributed by atoms with Crippen molar-refractivity contribution in [2.75, 3.05) is 13.1 Å². The maximum atomic E-state index is 15.6. The van der Waals surface area contributed by atoms with Gasteiger partial charge < -0.3 is 9.80 Å². The predicted octanol–water partition coefficient (Wildman–Crippen LogP) is 19.3. The molecule has 0 aliphatic carbocycles. The number of hydrogen-bond donors (Lipinski definition) is 0. The van der Waals surface area contributed by atoms with Crippen LogP contribution in [0.25, 0.3) is 30.9 Å². The van der Waals surface area contributed by atoms with Gasteiger partial charge in [0.2, 0.25) is 0 Å². The fourth-order valence-corrected chi connectivity index (χ4v) is 14.7. The lowest BCUT2D eigenvalue weighted by atomic mass is 9.93. The van der Waals surface area contributed by atoms with Crippen LogP contribution in [0.5, 0.6) is 0 Å². The van der Waals surface area contributed by atoms with Crippen LogP contribution in [0, 0.1) is 11.8 Å². The average molecular weight is 1070 g/mol. The number of fused-ring (bicyclic) bond motifs is 1. The third-order valence-corrected chi connectivity index (χ3v) is 19.1. The number of rotatable bonds is 32. The summed E-state index contributed by atoms with van der Waals surface area (Å²) in [6.45, 7) is 10.5. The van der Waals surface area contributed by atoms with Crippen molar-refractivity contribution in [2.24, 2.45) is 11.8 Å². The number of carbonyl (C=O) groups is 2. The standard InChI is InChI=1S/C54H74Br2N2O2S4/c1-5-9-13-17-19-23-27-39(25-21-15-11-7-3)37-57-51(45-31-29-41(61-45)43-33-35-47(55)63-43)49-50(53(57)59)52(46-32-30-42(62-46)44-34-36-48(56)64-44)58(54(49)60)38-40(26-22-16-12-8-4)28-24-20-18-14-10-6-2/h29-36,39-40H,5-28,37-38H2,1-4H3. The van der Waals surface area contributed by atoms with Gasteiger partial charge >= 0.3 is 0 Å². The Morgan fingerprint density at radius 2 is 0.672 bits per heavy atom. The molecule has 0 saturated heterocycles. The Bertz CT molecular complexity index is 1970. The normalized spacial score (nSPS) is 15.2. The van der Waals surface area contributed by atoms with Crippen molar-refractivity contribution in [1.29, 1.82) is 0 Å². The van der Waals surface area contributed by atoms with Gasteiger partial charge in [-0.3, -0.25) is 9.59 Å². The van der Waals surface area contributed by atoms with Gasteiger partial charge in [-0.05, 0) is 118 Å². The highest BCUT2D eigenvalue weighted by Crippen LogP contribution is 2.51. The summed E-state index contributed by atoms with van der Waals surface area (Å²) in [5.74, 6) is 0.824. The van der Waals surface area contributed by atoms with Crippen LogP contribution in [0.1, 0.15) is 192 Å². The minimum atomic E-state index is 0.0235. The zero-order valence-corrected chi connectivity index (χ0v) is 45.7. The molecule has 2 unspecified atom stereocenters. The van der Waals surface area contributed by atoms with Crippen molar-refractivity contribution in [3.05, 3.63) is 77.0 Å². The molecule has 4 aromatic rings. The second-order valence-electron chi connectivity index (χ2n) is 18.4. The van der Waals surface area contributed by atoms with Crippen molar-refractivity contribution in [3.63, 3.8) is 0 Å². The number of halogens is 2. The number of carbonyl (C=O) groups excluding carboxylic acids is 2. The summed E-state index contributed by atoms with van der Waals surface area (Å²) in [6, 6.07) is 17.3. The average Bonchev–Trinajstić information content (AvgIpc) is 4.17. The first kappa shape index (κ1) is 51.6. The summed E-state index contributed by atoms with van der Waals surface area (Å²) < 4.78 is 2.20. The van der Waals surface area contributed by atoms with E-state index in [1.165, 1.54) is 148 Å². The molecule has 0 radical (unpaired) electrons. The smallest absolute Gasteiger partial charge is 0.261 e. The van der Waals surface area contributed by atoms with E-state index in [2.05, 4.69) is 118 Å². The van der Waals surface area contributed by atoms with Gasteiger partial charge in [-0.1, -0.05) is 156 Å². The molecule has 0 N–H and O–H groups in total. The molecule has 0 spiro atoms. The molecule has 2 aliphatic rings. The van der Waals surface area contributed by atoms with Gasteiger partial charge in [-0.2, -0.15) is 0 Å². The van der Waals surface area contributed by atoms with Gasteiger partial charge in [0.1, 0.15) is 0 Å². The molecule has 0 aromatic carbocycles. The summed E-state index contributed by atoms with van der Waals surface area (Å²) in [5, 5.41) is 0. The van der Waals surface area contributed by atoms with Gasteiger partial charge in [0.15, 0.2) is 0 Å². The van der Waals surface area contributed by atoms with E-state index in [1.807, 2.05) is 0 Å². The summed E-state index contributed by atoms with van der Waals surface area (Å²) in [5.41, 5.74) is 2.99. The molecule has 2 atom stereocenters. The minimum Gasteiger partial charge on any atom is -0.306 e. The quantitative estimate of drug-likeness (QED) is 0.0457. The second-order valence-corrected chi connectivity index (χ2v) is 25.5. The molecular formula is C54H74Br2N2O2S4. The third kappa shape index (κ3) is 14.1. The topological polar surface area (TPSA) is 40.6 Å². The maximum Gasteiger partial charge on any atom is 0.261 e. The van der Waals surface area contributed by atoms with Crippen LogP contribution in [-0.4, -0.2) is 34.7 Å². The Kier molecular flexibility index (Phi) is 22.0. The van der Waals surface area contributed by atoms with E-state index in [1.54, 1.807) is 45.3 Å². The van der Waals surface area contributed by atoms with E-state index >= 15 is 9.59 Å². The van der Waals surface area contributed by atoms with Crippen LogP contribution >= 0.6 is 77.2 Å². The maximum absolute atomic E-state index is 15.6. The van der Waals surface area contributed by atoms with Crippen molar-refractivity contribution in [1.82, 2.24) is 9.80 Å². The van der Waals surface area contributed by atoms with Crippen LogP contribution in [0.15, 0.2) is 67.2 Å². The molecule has 4 nitrogen and oxygen atoms in total. The van der Waals surface area contributed by atoms with Crippen LogP contribution in [-0.2, 0) is 9.59 Å². The van der Waals surface area contributed by atoms with Crippen LogP contribution < -0.4 is 0 Å². The zero-order valence-electron chi connectivity index (χ0n) is 39.3. The van der Waals surface area contributed by atoms with Gasteiger partial charge in [-0.25, -0.2) is 0 Å². The molecule has 10 heteroatoms. The van der Waals surface area contributed by atoms with Gasteiger partial charge in [0.05, 0.1) is 39.9 Å². The molecule has 2 aliphatic heterocycles. The molecule has 0 saturated carbocycles. The van der Waals surface area contributed by atoms with Crippen molar-refractivity contribution >= 4 is 100 Å². The third-order valence-electron chi connectivity index (χ3n) is 13.2. The fraction of sp³-hybridized carbons (Fsp3) is 0.593. The Balaban J connectivity index is 1.42. The molecule has 350 valence electrons. The number of amides is 2. The first-order valence-electron chi connectivity index (χ1n) is 25.1. The van der Waals surface area contributed by atoms with E-state index in [4.69, 9.17) is 0 Å². The zero-order chi connectivity index (χ0) is 45.3. The largest absolute Gasteiger partial charge is 0.306 e. The molecule has 6 rings (SSSR count). The lowest BCUT2D eigenvalue weighted by Gasteiger charge is -2.29. The van der Waals surface area contributed by atoms with Crippen LogP contribution in [0.2, 0.25) is 0 Å². The van der Waals surface area contributed by atoms with Crippen molar-refractivity contribution in [3.8, 4) is 19.5 Å². The van der Waals surface area contributed by atoms with E-state index in [0.29, 0.717) is 36.1 Å². The summed E-state index contributed by atoms with van der Waals surface area (Å²) in [4.78, 5) is 42.2. The molecule has 2 amide bonds. The number of unbranched alkanes of at least 4 members (excludes halogenated alkanes) is 16. The van der Waals surface area contributed by atoms with E-state index < -0.39 is 0 Å². The van der Waals surface area contributed by atoms with Crippen molar-refractivity contribution in [2.45, 2.75) is 182 Å². The lowest BCUT2D eigenvalue weighted by molar-refractivity contribution is -0.124.